The molecule has 0 saturated heterocycles. The molecule has 0 aliphatic heterocycles. The van der Waals surface area contributed by atoms with Crippen molar-refractivity contribution >= 4 is 23.7 Å². The molecule has 144 valence electrons. The minimum atomic E-state index is -3.45. The molecule has 1 atom stereocenters. The van der Waals surface area contributed by atoms with Gasteiger partial charge in [0.25, 0.3) is 0 Å². The van der Waals surface area contributed by atoms with Crippen molar-refractivity contribution in [1.82, 2.24) is 0 Å². The van der Waals surface area contributed by atoms with Crippen LogP contribution >= 0.6 is 7.14 Å². The zero-order valence-electron chi connectivity index (χ0n) is 16.2. The van der Waals surface area contributed by atoms with Crippen LogP contribution in [0.2, 0.25) is 0 Å². The summed E-state index contributed by atoms with van der Waals surface area (Å²) >= 11 is 0. The van der Waals surface area contributed by atoms with Gasteiger partial charge in [-0.3, -0.25) is 4.79 Å². The minimum absolute atomic E-state index is 0.233. The Hall–Kier alpha value is -2.64. The summed E-state index contributed by atoms with van der Waals surface area (Å²) in [5, 5.41) is 0.00684. The van der Waals surface area contributed by atoms with Crippen molar-refractivity contribution in [3.63, 3.8) is 0 Å². The molecule has 0 spiro atoms. The molecule has 0 bridgehead atoms. The first kappa shape index (κ1) is 20.1. The van der Waals surface area contributed by atoms with Crippen LogP contribution in [0.25, 0.3) is 0 Å². The van der Waals surface area contributed by atoms with Crippen LogP contribution in [0.4, 0.5) is 0 Å². The minimum Gasteiger partial charge on any atom is -0.465 e. The number of ether oxygens (including phenoxy) is 1. The Morgan fingerprint density at radius 1 is 0.786 bits per heavy atom. The third-order valence-corrected chi connectivity index (χ3v) is 9.04. The maximum atomic E-state index is 15.1. The highest BCUT2D eigenvalue weighted by Gasteiger charge is 2.56. The summed E-state index contributed by atoms with van der Waals surface area (Å²) in [5.41, 5.74) is 0.715. The predicted molar refractivity (Wildman–Crippen MR) is 115 cm³/mol. The van der Waals surface area contributed by atoms with E-state index in [1.165, 1.54) is 0 Å². The van der Waals surface area contributed by atoms with Crippen molar-refractivity contribution in [3.05, 3.63) is 96.6 Å². The quantitative estimate of drug-likeness (QED) is 0.426. The van der Waals surface area contributed by atoms with Crippen molar-refractivity contribution in [2.24, 2.45) is 0 Å². The molecule has 0 heterocycles. The molecule has 3 aromatic carbocycles. The van der Waals surface area contributed by atoms with Gasteiger partial charge in [0.2, 0.25) is 0 Å². The molecule has 4 heteroatoms. The predicted octanol–water partition coefficient (Wildman–Crippen LogP) is 4.87. The van der Waals surface area contributed by atoms with Crippen LogP contribution < -0.4 is 10.6 Å². The van der Waals surface area contributed by atoms with E-state index in [9.17, 15) is 4.79 Å². The van der Waals surface area contributed by atoms with E-state index in [2.05, 4.69) is 0 Å². The van der Waals surface area contributed by atoms with Gasteiger partial charge in [0.05, 0.1) is 6.61 Å². The standard InChI is InChI=1S/C24H25O3P/c1-3-24(23(25)27-4-2,20-14-8-5-9-15-20)28(26,21-16-10-6-11-17-21)22-18-12-7-13-19-22/h5-19H,3-4H2,1-2H3. The van der Waals surface area contributed by atoms with Crippen molar-refractivity contribution in [2.75, 3.05) is 6.61 Å². The maximum absolute atomic E-state index is 15.1. The average Bonchev–Trinajstić information content (AvgIpc) is 2.76. The van der Waals surface area contributed by atoms with E-state index in [0.29, 0.717) is 22.6 Å². The number of benzene rings is 3. The Kier molecular flexibility index (Phi) is 6.16. The second kappa shape index (κ2) is 8.58. The number of carbonyl (C=O) groups excluding carboxylic acids is 1. The first-order chi connectivity index (χ1) is 13.6. The third kappa shape index (κ3) is 3.21. The van der Waals surface area contributed by atoms with Crippen molar-refractivity contribution in [3.8, 4) is 0 Å². The lowest BCUT2D eigenvalue weighted by Crippen LogP contribution is -2.43. The summed E-state index contributed by atoms with van der Waals surface area (Å²) in [6, 6.07) is 28.0. The highest BCUT2D eigenvalue weighted by Crippen LogP contribution is 2.63. The molecule has 0 fully saturated rings. The van der Waals surface area contributed by atoms with Crippen molar-refractivity contribution < 1.29 is 14.1 Å². The van der Waals surface area contributed by atoms with Gasteiger partial charge < -0.3 is 9.30 Å². The molecule has 0 radical (unpaired) electrons. The summed E-state index contributed by atoms with van der Waals surface area (Å²) in [5.74, 6) is -0.445. The first-order valence-electron chi connectivity index (χ1n) is 9.55. The smallest absolute Gasteiger partial charge is 0.324 e. The van der Waals surface area contributed by atoms with E-state index < -0.39 is 18.3 Å². The second-order valence-corrected chi connectivity index (χ2v) is 9.60. The summed E-state index contributed by atoms with van der Waals surface area (Å²) < 4.78 is 20.6. The van der Waals surface area contributed by atoms with Crippen LogP contribution in [0.3, 0.4) is 0 Å². The summed E-state index contributed by atoms with van der Waals surface area (Å²) in [7, 11) is -3.45. The number of hydrogen-bond acceptors (Lipinski definition) is 3. The topological polar surface area (TPSA) is 43.4 Å². The van der Waals surface area contributed by atoms with Crippen LogP contribution in [0.15, 0.2) is 91.0 Å². The molecule has 1 unspecified atom stereocenters. The number of rotatable bonds is 7. The van der Waals surface area contributed by atoms with Crippen LogP contribution in [0.1, 0.15) is 25.8 Å². The van der Waals surface area contributed by atoms with Gasteiger partial charge in [-0.05, 0) is 18.9 Å². The van der Waals surface area contributed by atoms with Crippen molar-refractivity contribution in [2.45, 2.75) is 25.4 Å². The second-order valence-electron chi connectivity index (χ2n) is 6.58. The molecule has 3 nitrogen and oxygen atoms in total. The normalized spacial score (nSPS) is 13.5. The van der Waals surface area contributed by atoms with E-state index in [4.69, 9.17) is 4.74 Å². The Bertz CT molecular complexity index is 911. The lowest BCUT2D eigenvalue weighted by molar-refractivity contribution is -0.146. The summed E-state index contributed by atoms with van der Waals surface area (Å²) in [6.45, 7) is 3.92. The zero-order valence-corrected chi connectivity index (χ0v) is 17.1. The van der Waals surface area contributed by atoms with Gasteiger partial charge in [0.1, 0.15) is 0 Å². The van der Waals surface area contributed by atoms with E-state index in [-0.39, 0.29) is 6.61 Å². The van der Waals surface area contributed by atoms with Crippen LogP contribution in [0, 0.1) is 0 Å². The van der Waals surface area contributed by atoms with E-state index in [1.54, 1.807) is 6.92 Å². The lowest BCUT2D eigenvalue weighted by Gasteiger charge is -2.39. The largest absolute Gasteiger partial charge is 0.465 e. The maximum Gasteiger partial charge on any atom is 0.324 e. The number of esters is 1. The van der Waals surface area contributed by atoms with Crippen molar-refractivity contribution in [1.29, 1.82) is 0 Å². The lowest BCUT2D eigenvalue weighted by atomic mass is 9.95. The van der Waals surface area contributed by atoms with Gasteiger partial charge in [-0.25, -0.2) is 0 Å². The number of hydrogen-bond donors (Lipinski definition) is 0. The van der Waals surface area contributed by atoms with Gasteiger partial charge in [-0.2, -0.15) is 0 Å². The fraction of sp³-hybridized carbons (Fsp3) is 0.208. The molecule has 3 aromatic rings. The summed E-state index contributed by atoms with van der Waals surface area (Å²) in [6.07, 6.45) is 0.358. The Labute approximate surface area is 166 Å². The van der Waals surface area contributed by atoms with Crippen LogP contribution in [0.5, 0.6) is 0 Å². The van der Waals surface area contributed by atoms with E-state index >= 15 is 4.57 Å². The molecule has 0 amide bonds. The fourth-order valence-electron chi connectivity index (χ4n) is 3.83. The summed E-state index contributed by atoms with van der Waals surface area (Å²) in [4.78, 5) is 13.5. The van der Waals surface area contributed by atoms with Crippen LogP contribution in [-0.2, 0) is 19.3 Å². The van der Waals surface area contributed by atoms with E-state index in [0.717, 1.165) is 0 Å². The van der Waals surface area contributed by atoms with Gasteiger partial charge in [-0.15, -0.1) is 0 Å². The molecular formula is C24H25O3P. The van der Waals surface area contributed by atoms with Gasteiger partial charge >= 0.3 is 5.97 Å². The highest BCUT2D eigenvalue weighted by molar-refractivity contribution is 7.80. The van der Waals surface area contributed by atoms with Gasteiger partial charge in [0, 0.05) is 10.6 Å². The molecular weight excluding hydrogens is 367 g/mol. The van der Waals surface area contributed by atoms with Crippen LogP contribution in [-0.4, -0.2) is 12.6 Å². The zero-order chi connectivity index (χ0) is 20.0. The molecule has 28 heavy (non-hydrogen) atoms. The highest BCUT2D eigenvalue weighted by atomic mass is 31.2. The Balaban J connectivity index is 2.42. The Morgan fingerprint density at radius 2 is 1.21 bits per heavy atom. The monoisotopic (exact) mass is 392 g/mol. The van der Waals surface area contributed by atoms with Gasteiger partial charge in [-0.1, -0.05) is 97.9 Å². The fourth-order valence-corrected chi connectivity index (χ4v) is 7.47. The SMILES string of the molecule is CCOC(=O)C(CC)(c1ccccc1)P(=O)(c1ccccc1)c1ccccc1. The molecule has 0 N–H and O–H groups in total. The number of carbonyl (C=O) groups is 1. The molecule has 0 aliphatic rings. The molecule has 0 aromatic heterocycles. The molecule has 0 saturated carbocycles. The molecule has 3 rings (SSSR count). The Morgan fingerprint density at radius 3 is 1.61 bits per heavy atom. The van der Waals surface area contributed by atoms with E-state index in [1.807, 2.05) is 97.9 Å². The first-order valence-corrected chi connectivity index (χ1v) is 11.3. The van der Waals surface area contributed by atoms with Gasteiger partial charge in [0.15, 0.2) is 12.3 Å². The average molecular weight is 392 g/mol. The molecule has 0 aliphatic carbocycles. The third-order valence-electron chi connectivity index (χ3n) is 5.15.